The molecule has 2 aromatic rings. The van der Waals surface area contributed by atoms with E-state index >= 15 is 0 Å². The van der Waals surface area contributed by atoms with Gasteiger partial charge in [-0.15, -0.1) is 0 Å². The van der Waals surface area contributed by atoms with Crippen molar-refractivity contribution in [3.63, 3.8) is 0 Å². The molecule has 0 unspecified atom stereocenters. The zero-order valence-electron chi connectivity index (χ0n) is 17.8. The van der Waals surface area contributed by atoms with Gasteiger partial charge in [0.2, 0.25) is 17.7 Å². The molecule has 0 saturated carbocycles. The highest BCUT2D eigenvalue weighted by molar-refractivity contribution is 6.06. The molecule has 33 heavy (non-hydrogen) atoms. The molecule has 4 rings (SSSR count). The van der Waals surface area contributed by atoms with Gasteiger partial charge in [0.15, 0.2) is 0 Å². The van der Waals surface area contributed by atoms with Crippen molar-refractivity contribution in [2.75, 3.05) is 35.2 Å². The van der Waals surface area contributed by atoms with Crippen LogP contribution in [-0.4, -0.2) is 54.2 Å². The maximum Gasteiger partial charge on any atom is 0.324 e. The largest absolute Gasteiger partial charge is 0.329 e. The maximum atomic E-state index is 12.6. The number of nitrogens with one attached hydrogen (secondary N) is 3. The predicted octanol–water partition coefficient (Wildman–Crippen LogP) is 1.95. The molecule has 0 aromatic heterocycles. The summed E-state index contributed by atoms with van der Waals surface area (Å²) in [5.74, 6) is -0.952. The number of amides is 6. The van der Waals surface area contributed by atoms with Gasteiger partial charge in [-0.2, -0.15) is 0 Å². The number of hydrogen-bond donors (Lipinski definition) is 3. The summed E-state index contributed by atoms with van der Waals surface area (Å²) in [5.41, 5.74) is 2.20. The van der Waals surface area contributed by atoms with Gasteiger partial charge in [0.05, 0.1) is 6.54 Å². The standard InChI is InChI=1S/C23H23N5O5/c29-19(10-12-28-21(31)14-24-23(28)33)25-16-6-8-17(9-7-16)26-22(32)15-3-1-4-18(13-15)27-11-2-5-20(27)30/h1,3-4,6-9,13H,2,5,10-12,14H2,(H,24,33)(H,25,29)(H,26,32). The van der Waals surface area contributed by atoms with Crippen LogP contribution in [0.2, 0.25) is 0 Å². The second-order valence-corrected chi connectivity index (χ2v) is 7.73. The number of benzene rings is 2. The molecular weight excluding hydrogens is 426 g/mol. The second-order valence-electron chi connectivity index (χ2n) is 7.73. The van der Waals surface area contributed by atoms with Crippen molar-refractivity contribution < 1.29 is 24.0 Å². The normalized spacial score (nSPS) is 15.6. The average molecular weight is 449 g/mol. The summed E-state index contributed by atoms with van der Waals surface area (Å²) in [6.07, 6.45) is 1.31. The molecule has 2 aliphatic rings. The quantitative estimate of drug-likeness (QED) is 0.557. The minimum Gasteiger partial charge on any atom is -0.329 e. The van der Waals surface area contributed by atoms with Gasteiger partial charge in [0.25, 0.3) is 5.91 Å². The predicted molar refractivity (Wildman–Crippen MR) is 121 cm³/mol. The molecule has 0 atom stereocenters. The van der Waals surface area contributed by atoms with Crippen molar-refractivity contribution in [2.24, 2.45) is 0 Å². The number of rotatable bonds is 7. The molecule has 2 fully saturated rings. The summed E-state index contributed by atoms with van der Waals surface area (Å²) >= 11 is 0. The summed E-state index contributed by atoms with van der Waals surface area (Å²) in [7, 11) is 0. The Morgan fingerprint density at radius 1 is 0.939 bits per heavy atom. The first kappa shape index (κ1) is 22.0. The zero-order valence-corrected chi connectivity index (χ0v) is 17.8. The number of urea groups is 1. The summed E-state index contributed by atoms with van der Waals surface area (Å²) < 4.78 is 0. The fourth-order valence-corrected chi connectivity index (χ4v) is 3.69. The number of nitrogens with zero attached hydrogens (tertiary/aromatic N) is 2. The zero-order chi connectivity index (χ0) is 23.4. The van der Waals surface area contributed by atoms with Crippen LogP contribution in [-0.2, 0) is 14.4 Å². The summed E-state index contributed by atoms with van der Waals surface area (Å²) in [6, 6.07) is 13.0. The number of carbonyl (C=O) groups is 5. The van der Waals surface area contributed by atoms with Crippen LogP contribution in [0.15, 0.2) is 48.5 Å². The van der Waals surface area contributed by atoms with Crippen molar-refractivity contribution in [1.29, 1.82) is 0 Å². The Morgan fingerprint density at radius 2 is 1.67 bits per heavy atom. The van der Waals surface area contributed by atoms with Gasteiger partial charge in [0, 0.05) is 48.6 Å². The summed E-state index contributed by atoms with van der Waals surface area (Å²) in [5, 5.41) is 7.89. The average Bonchev–Trinajstić information content (AvgIpc) is 3.38. The summed E-state index contributed by atoms with van der Waals surface area (Å²) in [4.78, 5) is 62.4. The van der Waals surface area contributed by atoms with Crippen LogP contribution in [0.4, 0.5) is 21.9 Å². The van der Waals surface area contributed by atoms with Crippen molar-refractivity contribution in [3.8, 4) is 0 Å². The Bertz CT molecular complexity index is 1100. The number of hydrogen-bond acceptors (Lipinski definition) is 5. The third-order valence-electron chi connectivity index (χ3n) is 5.42. The highest BCUT2D eigenvalue weighted by Gasteiger charge is 2.28. The molecule has 0 aliphatic carbocycles. The molecule has 0 radical (unpaired) electrons. The van der Waals surface area contributed by atoms with Crippen LogP contribution in [0.5, 0.6) is 0 Å². The Labute approximate surface area is 189 Å². The third kappa shape index (κ3) is 5.17. The van der Waals surface area contributed by atoms with E-state index in [0.29, 0.717) is 35.6 Å². The Balaban J connectivity index is 1.31. The van der Waals surface area contributed by atoms with Crippen molar-refractivity contribution in [2.45, 2.75) is 19.3 Å². The molecule has 2 heterocycles. The lowest BCUT2D eigenvalue weighted by molar-refractivity contribution is -0.125. The van der Waals surface area contributed by atoms with Crippen LogP contribution in [0.25, 0.3) is 0 Å². The number of imide groups is 1. The first-order valence-corrected chi connectivity index (χ1v) is 10.6. The lowest BCUT2D eigenvalue weighted by Gasteiger charge is -2.16. The lowest BCUT2D eigenvalue weighted by atomic mass is 10.1. The smallest absolute Gasteiger partial charge is 0.324 e. The van der Waals surface area contributed by atoms with E-state index in [1.54, 1.807) is 47.4 Å². The molecule has 2 aliphatic heterocycles. The van der Waals surface area contributed by atoms with E-state index in [-0.39, 0.29) is 43.1 Å². The van der Waals surface area contributed by atoms with Gasteiger partial charge in [-0.3, -0.25) is 24.1 Å². The lowest BCUT2D eigenvalue weighted by Crippen LogP contribution is -2.33. The maximum absolute atomic E-state index is 12.6. The minimum atomic E-state index is -0.495. The topological polar surface area (TPSA) is 128 Å². The highest BCUT2D eigenvalue weighted by atomic mass is 16.2. The van der Waals surface area contributed by atoms with Crippen LogP contribution >= 0.6 is 0 Å². The van der Waals surface area contributed by atoms with E-state index in [2.05, 4.69) is 16.0 Å². The van der Waals surface area contributed by atoms with Crippen molar-refractivity contribution in [3.05, 3.63) is 54.1 Å². The SMILES string of the molecule is O=C(CCN1C(=O)CNC1=O)Nc1ccc(NC(=O)c2cccc(N3CCCC3=O)c2)cc1. The Hall–Kier alpha value is -4.21. The van der Waals surface area contributed by atoms with Crippen LogP contribution in [0, 0.1) is 0 Å². The fraction of sp³-hybridized carbons (Fsp3) is 0.261. The summed E-state index contributed by atoms with van der Waals surface area (Å²) in [6.45, 7) is 0.611. The number of anilines is 3. The third-order valence-corrected chi connectivity index (χ3v) is 5.42. The Morgan fingerprint density at radius 3 is 2.30 bits per heavy atom. The van der Waals surface area contributed by atoms with Crippen LogP contribution < -0.4 is 20.9 Å². The van der Waals surface area contributed by atoms with Crippen molar-refractivity contribution in [1.82, 2.24) is 10.2 Å². The molecule has 6 amide bonds. The van der Waals surface area contributed by atoms with Gasteiger partial charge in [-0.25, -0.2) is 4.79 Å². The van der Waals surface area contributed by atoms with E-state index in [1.807, 2.05) is 6.07 Å². The molecular formula is C23H23N5O5. The molecule has 0 spiro atoms. The highest BCUT2D eigenvalue weighted by Crippen LogP contribution is 2.23. The van der Waals surface area contributed by atoms with Gasteiger partial charge in [0.1, 0.15) is 0 Å². The van der Waals surface area contributed by atoms with Gasteiger partial charge >= 0.3 is 6.03 Å². The Kier molecular flexibility index (Phi) is 6.34. The van der Waals surface area contributed by atoms with Crippen LogP contribution in [0.3, 0.4) is 0 Å². The monoisotopic (exact) mass is 449 g/mol. The minimum absolute atomic E-state index is 0.00668. The van der Waals surface area contributed by atoms with E-state index in [1.165, 1.54) is 0 Å². The molecule has 2 saturated heterocycles. The number of carbonyl (C=O) groups excluding carboxylic acids is 5. The molecule has 170 valence electrons. The van der Waals surface area contributed by atoms with Crippen molar-refractivity contribution >= 4 is 46.7 Å². The first-order valence-electron chi connectivity index (χ1n) is 10.6. The van der Waals surface area contributed by atoms with E-state index in [0.717, 1.165) is 11.3 Å². The van der Waals surface area contributed by atoms with E-state index < -0.39 is 6.03 Å². The molecule has 0 bridgehead atoms. The fourth-order valence-electron chi connectivity index (χ4n) is 3.69. The van der Waals surface area contributed by atoms with Crippen LogP contribution in [0.1, 0.15) is 29.6 Å². The van der Waals surface area contributed by atoms with E-state index in [9.17, 15) is 24.0 Å². The first-order chi connectivity index (χ1) is 15.9. The van der Waals surface area contributed by atoms with Gasteiger partial charge < -0.3 is 20.9 Å². The molecule has 3 N–H and O–H groups in total. The molecule has 10 heteroatoms. The second kappa shape index (κ2) is 9.51. The molecule has 10 nitrogen and oxygen atoms in total. The molecule has 2 aromatic carbocycles. The van der Waals surface area contributed by atoms with Gasteiger partial charge in [-0.1, -0.05) is 6.07 Å². The van der Waals surface area contributed by atoms with Gasteiger partial charge in [-0.05, 0) is 48.9 Å². The van der Waals surface area contributed by atoms with E-state index in [4.69, 9.17) is 0 Å².